The van der Waals surface area contributed by atoms with Gasteiger partial charge in [-0.3, -0.25) is 0 Å². The fourth-order valence-corrected chi connectivity index (χ4v) is 4.78. The lowest BCUT2D eigenvalue weighted by Crippen LogP contribution is -2.25. The van der Waals surface area contributed by atoms with Crippen molar-refractivity contribution in [2.45, 2.75) is 89.9 Å². The molecule has 0 bridgehead atoms. The summed E-state index contributed by atoms with van der Waals surface area (Å²) in [7, 11) is 0. The Morgan fingerprint density at radius 2 is 1.43 bits per heavy atom. The Kier molecular flexibility index (Phi) is 8.72. The molecule has 0 aromatic heterocycles. The molecule has 0 radical (unpaired) electrons. The molecule has 0 aliphatic heterocycles. The number of halogens is 1. The molecule has 2 heteroatoms. The average molecular weight is 320 g/mol. The first kappa shape index (κ1) is 18.5. The van der Waals surface area contributed by atoms with E-state index in [-0.39, 0.29) is 0 Å². The lowest BCUT2D eigenvalue weighted by molar-refractivity contribution is 0.152. The van der Waals surface area contributed by atoms with Gasteiger partial charge in [0, 0.05) is 5.92 Å². The number of allylic oxidation sites excluding steroid dienone is 1. The van der Waals surface area contributed by atoms with E-state index in [1.165, 1.54) is 64.2 Å². The van der Waals surface area contributed by atoms with Crippen molar-refractivity contribution in [2.75, 3.05) is 0 Å². The van der Waals surface area contributed by atoms with Crippen molar-refractivity contribution in [1.82, 2.24) is 0 Å². The minimum Gasteiger partial charge on any atom is -0.216 e. The third-order valence-corrected chi connectivity index (χ3v) is 6.33. The molecule has 130 valence electrons. The maximum atomic E-state index is 11.8. The first-order valence-electron chi connectivity index (χ1n) is 9.98. The van der Waals surface area contributed by atoms with Gasteiger partial charge in [-0.05, 0) is 69.1 Å². The Labute approximate surface area is 142 Å². The Morgan fingerprint density at radius 3 is 2.04 bits per heavy atom. The van der Waals surface area contributed by atoms with Gasteiger partial charge in [0.1, 0.15) is 0 Å². The Balaban J connectivity index is 1.52. The third kappa shape index (κ3) is 6.66. The van der Waals surface area contributed by atoms with Crippen LogP contribution in [0.15, 0.2) is 12.4 Å². The van der Waals surface area contributed by atoms with E-state index in [0.717, 1.165) is 43.4 Å². The SMILES string of the molecule is N#C[C@H]1CC[C@H]([C@H]2CC[C@H](CCCCCCC=CF)CC2)CC1. The highest BCUT2D eigenvalue weighted by molar-refractivity contribution is 4.89. The maximum absolute atomic E-state index is 11.8. The molecule has 1 nitrogen and oxygen atoms in total. The number of nitrogens with zero attached hydrogens (tertiary/aromatic N) is 1. The fraction of sp³-hybridized carbons (Fsp3) is 0.857. The Morgan fingerprint density at radius 1 is 0.826 bits per heavy atom. The molecule has 23 heavy (non-hydrogen) atoms. The average Bonchev–Trinajstić information content (AvgIpc) is 2.61. The van der Waals surface area contributed by atoms with Gasteiger partial charge in [0.2, 0.25) is 0 Å². The van der Waals surface area contributed by atoms with Crippen LogP contribution in [0.4, 0.5) is 4.39 Å². The zero-order valence-corrected chi connectivity index (χ0v) is 14.7. The molecular weight excluding hydrogens is 285 g/mol. The predicted octanol–water partition coefficient (Wildman–Crippen LogP) is 6.95. The highest BCUT2D eigenvalue weighted by Gasteiger charge is 2.30. The van der Waals surface area contributed by atoms with Crippen molar-refractivity contribution in [3.05, 3.63) is 12.4 Å². The van der Waals surface area contributed by atoms with Gasteiger partial charge in [0.05, 0.1) is 12.4 Å². The van der Waals surface area contributed by atoms with E-state index in [9.17, 15) is 4.39 Å². The van der Waals surface area contributed by atoms with Crippen molar-refractivity contribution >= 4 is 0 Å². The topological polar surface area (TPSA) is 23.8 Å². The second-order valence-corrected chi connectivity index (χ2v) is 7.87. The molecule has 2 rings (SSSR count). The minimum atomic E-state index is 0.350. The first-order valence-corrected chi connectivity index (χ1v) is 9.98. The summed E-state index contributed by atoms with van der Waals surface area (Å²) in [5.74, 6) is 3.19. The van der Waals surface area contributed by atoms with Crippen LogP contribution in [0.3, 0.4) is 0 Å². The molecule has 0 unspecified atom stereocenters. The lowest BCUT2D eigenvalue weighted by Gasteiger charge is -2.36. The molecule has 0 heterocycles. The highest BCUT2D eigenvalue weighted by Crippen LogP contribution is 2.42. The number of unbranched alkanes of at least 4 members (excludes halogenated alkanes) is 4. The van der Waals surface area contributed by atoms with Crippen molar-refractivity contribution in [3.63, 3.8) is 0 Å². The van der Waals surface area contributed by atoms with Crippen molar-refractivity contribution in [3.8, 4) is 6.07 Å². The molecule has 0 atom stereocenters. The Hall–Kier alpha value is -0.840. The Bertz CT molecular complexity index is 368. The van der Waals surface area contributed by atoms with Gasteiger partial charge in [-0.1, -0.05) is 44.6 Å². The molecule has 2 aliphatic carbocycles. The molecule has 0 saturated heterocycles. The fourth-order valence-electron chi connectivity index (χ4n) is 4.78. The van der Waals surface area contributed by atoms with E-state index in [1.807, 2.05) is 0 Å². The summed E-state index contributed by atoms with van der Waals surface area (Å²) < 4.78 is 11.8. The smallest absolute Gasteiger partial charge is 0.0827 e. The van der Waals surface area contributed by atoms with Crippen LogP contribution in [-0.2, 0) is 0 Å². The summed E-state index contributed by atoms with van der Waals surface area (Å²) in [6.07, 6.45) is 20.3. The molecule has 0 amide bonds. The molecule has 2 fully saturated rings. The van der Waals surface area contributed by atoms with Crippen LogP contribution in [0.2, 0.25) is 0 Å². The summed E-state index contributed by atoms with van der Waals surface area (Å²) in [6, 6.07) is 2.46. The summed E-state index contributed by atoms with van der Waals surface area (Å²) in [5.41, 5.74) is 0. The second-order valence-electron chi connectivity index (χ2n) is 7.87. The quantitative estimate of drug-likeness (QED) is 0.444. The van der Waals surface area contributed by atoms with E-state index in [0.29, 0.717) is 12.2 Å². The van der Waals surface area contributed by atoms with Gasteiger partial charge in [0.25, 0.3) is 0 Å². The molecule has 0 aromatic carbocycles. The van der Waals surface area contributed by atoms with E-state index < -0.39 is 0 Å². The zero-order valence-electron chi connectivity index (χ0n) is 14.7. The monoisotopic (exact) mass is 319 g/mol. The zero-order chi connectivity index (χ0) is 16.3. The molecule has 2 aliphatic rings. The van der Waals surface area contributed by atoms with Gasteiger partial charge in [-0.15, -0.1) is 0 Å². The summed E-state index contributed by atoms with van der Waals surface area (Å²) in [5, 5.41) is 9.02. The summed E-state index contributed by atoms with van der Waals surface area (Å²) >= 11 is 0. The van der Waals surface area contributed by atoms with Crippen LogP contribution >= 0.6 is 0 Å². The second kappa shape index (κ2) is 10.8. The minimum absolute atomic E-state index is 0.350. The van der Waals surface area contributed by atoms with Gasteiger partial charge in [-0.2, -0.15) is 5.26 Å². The predicted molar refractivity (Wildman–Crippen MR) is 94.5 cm³/mol. The molecule has 0 spiro atoms. The van der Waals surface area contributed by atoms with Crippen LogP contribution in [-0.4, -0.2) is 0 Å². The lowest BCUT2D eigenvalue weighted by atomic mass is 9.69. The van der Waals surface area contributed by atoms with Crippen LogP contribution in [0, 0.1) is 35.0 Å². The van der Waals surface area contributed by atoms with Gasteiger partial charge < -0.3 is 0 Å². The molecule has 0 aromatic rings. The van der Waals surface area contributed by atoms with Crippen molar-refractivity contribution in [2.24, 2.45) is 23.7 Å². The largest absolute Gasteiger partial charge is 0.216 e. The summed E-state index contributed by atoms with van der Waals surface area (Å²) in [6.45, 7) is 0. The van der Waals surface area contributed by atoms with E-state index >= 15 is 0 Å². The van der Waals surface area contributed by atoms with Crippen molar-refractivity contribution in [1.29, 1.82) is 5.26 Å². The number of nitriles is 1. The first-order chi connectivity index (χ1) is 11.3. The van der Waals surface area contributed by atoms with Crippen LogP contribution in [0.1, 0.15) is 89.9 Å². The van der Waals surface area contributed by atoms with Crippen LogP contribution in [0.5, 0.6) is 0 Å². The van der Waals surface area contributed by atoms with Gasteiger partial charge >= 0.3 is 0 Å². The van der Waals surface area contributed by atoms with Gasteiger partial charge in [0.15, 0.2) is 0 Å². The molecule has 2 saturated carbocycles. The van der Waals surface area contributed by atoms with Crippen molar-refractivity contribution < 1.29 is 4.39 Å². The maximum Gasteiger partial charge on any atom is 0.0827 e. The number of hydrogen-bond acceptors (Lipinski definition) is 1. The molecule has 0 N–H and O–H groups in total. The third-order valence-electron chi connectivity index (χ3n) is 6.33. The summed E-state index contributed by atoms with van der Waals surface area (Å²) in [4.78, 5) is 0. The number of hydrogen-bond donors (Lipinski definition) is 0. The van der Waals surface area contributed by atoms with E-state index in [4.69, 9.17) is 5.26 Å². The van der Waals surface area contributed by atoms with Crippen LogP contribution in [0.25, 0.3) is 0 Å². The molecular formula is C21H34FN. The van der Waals surface area contributed by atoms with Crippen LogP contribution < -0.4 is 0 Å². The normalized spacial score (nSPS) is 32.0. The van der Waals surface area contributed by atoms with E-state index in [2.05, 4.69) is 6.07 Å². The standard InChI is InChI=1S/C21H34FN/c22-16-6-4-2-1-3-5-7-18-8-12-20(13-9-18)21-14-10-19(17-23)11-15-21/h6,16,18-21H,1-5,7-15H2/t18-,19-,20-,21-. The number of rotatable bonds is 8. The van der Waals surface area contributed by atoms with E-state index in [1.54, 1.807) is 6.08 Å². The van der Waals surface area contributed by atoms with Gasteiger partial charge in [-0.25, -0.2) is 4.39 Å². The highest BCUT2D eigenvalue weighted by atomic mass is 19.1.